The molecule has 1 aromatic carbocycles. The van der Waals surface area contributed by atoms with Crippen molar-refractivity contribution in [1.82, 2.24) is 0 Å². The van der Waals surface area contributed by atoms with Crippen molar-refractivity contribution in [2.24, 2.45) is 10.9 Å². The quantitative estimate of drug-likeness (QED) is 0.489. The fourth-order valence-corrected chi connectivity index (χ4v) is 1.35. The van der Waals surface area contributed by atoms with Gasteiger partial charge in [-0.05, 0) is 12.0 Å². The third kappa shape index (κ3) is 2.05. The van der Waals surface area contributed by atoms with Crippen LogP contribution >= 0.6 is 0 Å². The van der Waals surface area contributed by atoms with E-state index in [0.29, 0.717) is 12.0 Å². The molecule has 0 aliphatic heterocycles. The van der Waals surface area contributed by atoms with E-state index in [2.05, 4.69) is 23.7 Å². The van der Waals surface area contributed by atoms with Gasteiger partial charge in [0.25, 0.3) is 0 Å². The van der Waals surface area contributed by atoms with Gasteiger partial charge in [-0.1, -0.05) is 36.4 Å². The molecule has 0 radical (unpaired) electrons. The Bertz CT molecular complexity index is 313. The third-order valence-electron chi connectivity index (χ3n) is 2.32. The van der Waals surface area contributed by atoms with Crippen molar-refractivity contribution in [3.63, 3.8) is 0 Å². The number of aliphatic imine (C=N–C) groups is 1. The van der Waals surface area contributed by atoms with Crippen LogP contribution in [-0.2, 0) is 0 Å². The number of rotatable bonds is 3. The van der Waals surface area contributed by atoms with Gasteiger partial charge in [-0.25, -0.2) is 0 Å². The summed E-state index contributed by atoms with van der Waals surface area (Å²) >= 11 is 0. The molecule has 0 aromatic heterocycles. The Kier molecular flexibility index (Phi) is 2.26. The van der Waals surface area contributed by atoms with Crippen molar-refractivity contribution in [1.29, 1.82) is 0 Å². The van der Waals surface area contributed by atoms with Crippen LogP contribution in [-0.4, -0.2) is 12.3 Å². The van der Waals surface area contributed by atoms with Crippen molar-refractivity contribution in [2.45, 2.75) is 12.5 Å². The molecule has 0 spiro atoms. The lowest BCUT2D eigenvalue weighted by atomic mass is 10.2. The van der Waals surface area contributed by atoms with Gasteiger partial charge in [-0.3, -0.25) is 4.99 Å². The highest BCUT2D eigenvalue weighted by Gasteiger charge is 2.33. The predicted molar refractivity (Wildman–Crippen MR) is 56.1 cm³/mol. The van der Waals surface area contributed by atoms with Crippen molar-refractivity contribution in [3.05, 3.63) is 48.6 Å². The van der Waals surface area contributed by atoms with Crippen LogP contribution in [0.15, 0.2) is 48.0 Å². The highest BCUT2D eigenvalue weighted by molar-refractivity contribution is 5.79. The molecule has 0 saturated heterocycles. The van der Waals surface area contributed by atoms with Gasteiger partial charge in [0, 0.05) is 12.1 Å². The second-order valence-electron chi connectivity index (χ2n) is 3.39. The van der Waals surface area contributed by atoms with Gasteiger partial charge in [-0.2, -0.15) is 0 Å². The first-order valence-electron chi connectivity index (χ1n) is 4.61. The highest BCUT2D eigenvalue weighted by atomic mass is 14.8. The summed E-state index contributed by atoms with van der Waals surface area (Å²) in [5, 5.41) is 0. The van der Waals surface area contributed by atoms with Crippen LogP contribution < -0.4 is 0 Å². The monoisotopic (exact) mass is 171 g/mol. The van der Waals surface area contributed by atoms with E-state index in [4.69, 9.17) is 0 Å². The normalized spacial score (nSPS) is 26.2. The molecule has 0 unspecified atom stereocenters. The Morgan fingerprint density at radius 2 is 2.08 bits per heavy atom. The average molecular weight is 171 g/mol. The summed E-state index contributed by atoms with van der Waals surface area (Å²) in [6.45, 7) is 3.75. The molecule has 2 rings (SSSR count). The van der Waals surface area contributed by atoms with Crippen molar-refractivity contribution in [3.8, 4) is 0 Å². The van der Waals surface area contributed by atoms with Gasteiger partial charge in [0.2, 0.25) is 0 Å². The standard InChI is InChI=1S/C12H13N/c1-2-11-8-12(11)13-9-10-6-4-3-5-7-10/h2-7,9,11-12H,1,8H2/t11-,12-/m1/s1. The molecule has 1 fully saturated rings. The molecule has 0 amide bonds. The highest BCUT2D eigenvalue weighted by Crippen LogP contribution is 2.34. The Morgan fingerprint density at radius 3 is 2.69 bits per heavy atom. The van der Waals surface area contributed by atoms with Crippen LogP contribution in [0.3, 0.4) is 0 Å². The largest absolute Gasteiger partial charge is 0.289 e. The Morgan fingerprint density at radius 1 is 1.31 bits per heavy atom. The fraction of sp³-hybridized carbons (Fsp3) is 0.250. The van der Waals surface area contributed by atoms with Crippen LogP contribution in [0.25, 0.3) is 0 Å². The molecular weight excluding hydrogens is 158 g/mol. The fourth-order valence-electron chi connectivity index (χ4n) is 1.35. The molecule has 0 bridgehead atoms. The SMILES string of the molecule is C=C[C@@H]1C[C@H]1N=Cc1ccccc1. The van der Waals surface area contributed by atoms with Crippen LogP contribution in [0.1, 0.15) is 12.0 Å². The van der Waals surface area contributed by atoms with Gasteiger partial charge in [-0.15, -0.1) is 6.58 Å². The number of nitrogens with zero attached hydrogens (tertiary/aromatic N) is 1. The van der Waals surface area contributed by atoms with E-state index in [1.165, 1.54) is 12.0 Å². The predicted octanol–water partition coefficient (Wildman–Crippen LogP) is 2.68. The van der Waals surface area contributed by atoms with E-state index in [-0.39, 0.29) is 0 Å². The first-order chi connectivity index (χ1) is 6.40. The van der Waals surface area contributed by atoms with E-state index in [0.717, 1.165) is 0 Å². The Balaban J connectivity index is 1.96. The smallest absolute Gasteiger partial charge is 0.0569 e. The first-order valence-corrected chi connectivity index (χ1v) is 4.61. The van der Waals surface area contributed by atoms with Gasteiger partial charge in [0.05, 0.1) is 6.04 Å². The van der Waals surface area contributed by atoms with Gasteiger partial charge < -0.3 is 0 Å². The van der Waals surface area contributed by atoms with Crippen LogP contribution in [0.2, 0.25) is 0 Å². The molecule has 13 heavy (non-hydrogen) atoms. The summed E-state index contributed by atoms with van der Waals surface area (Å²) < 4.78 is 0. The van der Waals surface area contributed by atoms with Crippen LogP contribution in [0.5, 0.6) is 0 Å². The van der Waals surface area contributed by atoms with Crippen LogP contribution in [0, 0.1) is 5.92 Å². The zero-order chi connectivity index (χ0) is 9.10. The van der Waals surface area contributed by atoms with E-state index in [1.807, 2.05) is 30.5 Å². The number of hydrogen-bond acceptors (Lipinski definition) is 1. The topological polar surface area (TPSA) is 12.4 Å². The molecule has 1 aliphatic carbocycles. The Labute approximate surface area is 78.8 Å². The minimum Gasteiger partial charge on any atom is -0.289 e. The molecule has 1 heteroatoms. The lowest BCUT2D eigenvalue weighted by Gasteiger charge is -1.90. The molecule has 1 saturated carbocycles. The summed E-state index contributed by atoms with van der Waals surface area (Å²) in [5.74, 6) is 0.625. The molecule has 1 nitrogen and oxygen atoms in total. The van der Waals surface area contributed by atoms with Crippen molar-refractivity contribution in [2.75, 3.05) is 0 Å². The summed E-state index contributed by atoms with van der Waals surface area (Å²) in [6.07, 6.45) is 5.12. The van der Waals surface area contributed by atoms with Gasteiger partial charge in [0.1, 0.15) is 0 Å². The maximum atomic E-state index is 4.46. The molecule has 0 heterocycles. The van der Waals surface area contributed by atoms with Gasteiger partial charge in [0.15, 0.2) is 0 Å². The van der Waals surface area contributed by atoms with E-state index in [9.17, 15) is 0 Å². The van der Waals surface area contributed by atoms with E-state index < -0.39 is 0 Å². The Hall–Kier alpha value is -1.37. The second-order valence-corrected chi connectivity index (χ2v) is 3.39. The zero-order valence-corrected chi connectivity index (χ0v) is 7.56. The van der Waals surface area contributed by atoms with Gasteiger partial charge >= 0.3 is 0 Å². The van der Waals surface area contributed by atoms with Crippen LogP contribution in [0.4, 0.5) is 0 Å². The molecule has 1 aromatic rings. The molecule has 2 atom stereocenters. The third-order valence-corrected chi connectivity index (χ3v) is 2.32. The van der Waals surface area contributed by atoms with Crippen molar-refractivity contribution < 1.29 is 0 Å². The summed E-state index contributed by atoms with van der Waals surface area (Å²) in [4.78, 5) is 4.46. The minimum absolute atomic E-state index is 0.498. The zero-order valence-electron chi connectivity index (χ0n) is 7.56. The number of hydrogen-bond donors (Lipinski definition) is 0. The van der Waals surface area contributed by atoms with E-state index in [1.54, 1.807) is 0 Å². The van der Waals surface area contributed by atoms with Crippen molar-refractivity contribution >= 4 is 6.21 Å². The summed E-state index contributed by atoms with van der Waals surface area (Å²) in [7, 11) is 0. The second kappa shape index (κ2) is 3.56. The summed E-state index contributed by atoms with van der Waals surface area (Å²) in [5.41, 5.74) is 1.18. The molecule has 1 aliphatic rings. The maximum absolute atomic E-state index is 4.46. The average Bonchev–Trinajstić information content (AvgIpc) is 2.95. The molecule has 0 N–H and O–H groups in total. The molecular formula is C12H13N. The lowest BCUT2D eigenvalue weighted by molar-refractivity contribution is 0.984. The minimum atomic E-state index is 0.498. The first kappa shape index (κ1) is 8.24. The number of benzene rings is 1. The van der Waals surface area contributed by atoms with E-state index >= 15 is 0 Å². The molecule has 66 valence electrons. The maximum Gasteiger partial charge on any atom is 0.0569 e. The lowest BCUT2D eigenvalue weighted by Crippen LogP contribution is -1.84. The summed E-state index contributed by atoms with van der Waals surface area (Å²) in [6, 6.07) is 10.7.